The predicted octanol–water partition coefficient (Wildman–Crippen LogP) is 2.07. The minimum absolute atomic E-state index is 0.263. The molecule has 0 saturated heterocycles. The zero-order valence-corrected chi connectivity index (χ0v) is 9.69. The van der Waals surface area contributed by atoms with Crippen LogP contribution in [0.15, 0.2) is 55.2 Å². The van der Waals surface area contributed by atoms with Crippen molar-refractivity contribution < 1.29 is 0 Å². The summed E-state index contributed by atoms with van der Waals surface area (Å²) < 4.78 is 0. The number of fused-ring (bicyclic) bond motifs is 1. The molecule has 0 amide bonds. The summed E-state index contributed by atoms with van der Waals surface area (Å²) >= 11 is 0. The van der Waals surface area contributed by atoms with Crippen molar-refractivity contribution in [1.29, 1.82) is 0 Å². The summed E-state index contributed by atoms with van der Waals surface area (Å²) in [6.07, 6.45) is 6.83. The maximum Gasteiger partial charge on any atom is 0.115 e. The van der Waals surface area contributed by atoms with Gasteiger partial charge < -0.3 is 5.73 Å². The van der Waals surface area contributed by atoms with Crippen LogP contribution in [0, 0.1) is 0 Å². The second kappa shape index (κ2) is 4.50. The van der Waals surface area contributed by atoms with E-state index < -0.39 is 0 Å². The van der Waals surface area contributed by atoms with Crippen molar-refractivity contribution in [2.24, 2.45) is 5.73 Å². The lowest BCUT2D eigenvalue weighted by Gasteiger charge is -2.13. The molecule has 4 nitrogen and oxygen atoms in total. The maximum absolute atomic E-state index is 6.26. The molecule has 3 aromatic rings. The molecule has 0 saturated carbocycles. The Morgan fingerprint density at radius 1 is 1.00 bits per heavy atom. The Hall–Kier alpha value is -2.33. The molecule has 88 valence electrons. The van der Waals surface area contributed by atoms with E-state index in [-0.39, 0.29) is 6.04 Å². The van der Waals surface area contributed by atoms with Crippen molar-refractivity contribution in [3.8, 4) is 0 Å². The summed E-state index contributed by atoms with van der Waals surface area (Å²) in [4.78, 5) is 12.3. The van der Waals surface area contributed by atoms with E-state index in [1.54, 1.807) is 12.4 Å². The average Bonchev–Trinajstić information content (AvgIpc) is 2.47. The van der Waals surface area contributed by atoms with Crippen LogP contribution in [0.25, 0.3) is 10.8 Å². The minimum atomic E-state index is -0.263. The van der Waals surface area contributed by atoms with E-state index in [4.69, 9.17) is 5.73 Å². The first kappa shape index (κ1) is 10.8. The Morgan fingerprint density at radius 3 is 2.72 bits per heavy atom. The number of nitrogens with zero attached hydrogens (tertiary/aromatic N) is 3. The summed E-state index contributed by atoms with van der Waals surface area (Å²) in [5, 5.41) is 2.19. The van der Waals surface area contributed by atoms with Crippen molar-refractivity contribution in [1.82, 2.24) is 15.0 Å². The number of hydrogen-bond acceptors (Lipinski definition) is 4. The second-order valence-electron chi connectivity index (χ2n) is 4.06. The molecule has 2 N–H and O–H groups in total. The number of aromatic nitrogens is 3. The highest BCUT2D eigenvalue weighted by Crippen LogP contribution is 2.25. The number of rotatable bonds is 2. The fourth-order valence-electron chi connectivity index (χ4n) is 2.05. The summed E-state index contributed by atoms with van der Waals surface area (Å²) in [6.45, 7) is 0. The molecule has 18 heavy (non-hydrogen) atoms. The van der Waals surface area contributed by atoms with Crippen LogP contribution in [0.5, 0.6) is 0 Å². The largest absolute Gasteiger partial charge is 0.319 e. The zero-order chi connectivity index (χ0) is 12.4. The number of nitrogens with two attached hydrogens (primary N) is 1. The van der Waals surface area contributed by atoms with Crippen LogP contribution in [0.4, 0.5) is 0 Å². The fourth-order valence-corrected chi connectivity index (χ4v) is 2.05. The third kappa shape index (κ3) is 1.83. The van der Waals surface area contributed by atoms with Gasteiger partial charge in [0.1, 0.15) is 6.33 Å². The van der Waals surface area contributed by atoms with Gasteiger partial charge in [0.15, 0.2) is 0 Å². The highest BCUT2D eigenvalue weighted by Gasteiger charge is 2.12. The van der Waals surface area contributed by atoms with Crippen molar-refractivity contribution in [3.05, 3.63) is 66.5 Å². The van der Waals surface area contributed by atoms with Gasteiger partial charge in [0, 0.05) is 24.0 Å². The Bertz CT molecular complexity index is 661. The fraction of sp³-hybridized carbons (Fsp3) is 0.0714. The molecule has 1 aromatic carbocycles. The van der Waals surface area contributed by atoms with Gasteiger partial charge in [0.25, 0.3) is 0 Å². The second-order valence-corrected chi connectivity index (χ2v) is 4.06. The molecule has 0 aliphatic heterocycles. The lowest BCUT2D eigenvalue weighted by molar-refractivity contribution is 0.826. The highest BCUT2D eigenvalue weighted by molar-refractivity contribution is 5.85. The smallest absolute Gasteiger partial charge is 0.115 e. The Labute approximate surface area is 105 Å². The van der Waals surface area contributed by atoms with Crippen LogP contribution >= 0.6 is 0 Å². The molecule has 0 aliphatic rings. The van der Waals surface area contributed by atoms with Crippen LogP contribution in [0.1, 0.15) is 17.3 Å². The lowest BCUT2D eigenvalue weighted by Crippen LogP contribution is -2.14. The molecule has 1 unspecified atom stereocenters. The van der Waals surface area contributed by atoms with E-state index in [0.29, 0.717) is 0 Å². The van der Waals surface area contributed by atoms with Crippen molar-refractivity contribution in [3.63, 3.8) is 0 Å². The standard InChI is InChI=1S/C14H12N4/c15-14(13-5-7-17-9-18-13)11-3-1-2-10-4-6-16-8-12(10)11/h1-9,14H,15H2. The van der Waals surface area contributed by atoms with Gasteiger partial charge in [-0.05, 0) is 23.1 Å². The number of pyridine rings is 1. The SMILES string of the molecule is NC(c1ccncn1)c1cccc2ccncc12. The predicted molar refractivity (Wildman–Crippen MR) is 69.8 cm³/mol. The molecular formula is C14H12N4. The van der Waals surface area contributed by atoms with Crippen LogP contribution in [-0.2, 0) is 0 Å². The Morgan fingerprint density at radius 2 is 1.89 bits per heavy atom. The van der Waals surface area contributed by atoms with E-state index in [9.17, 15) is 0 Å². The molecule has 1 atom stereocenters. The minimum Gasteiger partial charge on any atom is -0.319 e. The van der Waals surface area contributed by atoms with E-state index in [1.807, 2.05) is 36.5 Å². The van der Waals surface area contributed by atoms with Crippen molar-refractivity contribution in [2.75, 3.05) is 0 Å². The van der Waals surface area contributed by atoms with Crippen LogP contribution < -0.4 is 5.73 Å². The average molecular weight is 236 g/mol. The molecule has 2 aromatic heterocycles. The zero-order valence-electron chi connectivity index (χ0n) is 9.69. The quantitative estimate of drug-likeness (QED) is 0.739. The van der Waals surface area contributed by atoms with Gasteiger partial charge >= 0.3 is 0 Å². The summed E-state index contributed by atoms with van der Waals surface area (Å²) in [5.41, 5.74) is 8.10. The number of benzene rings is 1. The molecule has 0 spiro atoms. The molecular weight excluding hydrogens is 224 g/mol. The van der Waals surface area contributed by atoms with Gasteiger partial charge in [-0.3, -0.25) is 4.98 Å². The molecule has 3 rings (SSSR count). The summed E-state index contributed by atoms with van der Waals surface area (Å²) in [7, 11) is 0. The third-order valence-electron chi connectivity index (χ3n) is 2.98. The van der Waals surface area contributed by atoms with Gasteiger partial charge in [-0.2, -0.15) is 0 Å². The van der Waals surface area contributed by atoms with Crippen LogP contribution in [0.2, 0.25) is 0 Å². The van der Waals surface area contributed by atoms with E-state index >= 15 is 0 Å². The van der Waals surface area contributed by atoms with Crippen LogP contribution in [0.3, 0.4) is 0 Å². The van der Waals surface area contributed by atoms with E-state index in [0.717, 1.165) is 22.0 Å². The monoisotopic (exact) mass is 236 g/mol. The molecule has 2 heterocycles. The summed E-state index contributed by atoms with van der Waals surface area (Å²) in [5.74, 6) is 0. The van der Waals surface area contributed by atoms with Crippen molar-refractivity contribution in [2.45, 2.75) is 6.04 Å². The van der Waals surface area contributed by atoms with E-state index in [1.165, 1.54) is 6.33 Å². The van der Waals surface area contributed by atoms with Crippen molar-refractivity contribution >= 4 is 10.8 Å². The Kier molecular flexibility index (Phi) is 2.70. The van der Waals surface area contributed by atoms with Gasteiger partial charge in [-0.1, -0.05) is 18.2 Å². The van der Waals surface area contributed by atoms with E-state index in [2.05, 4.69) is 15.0 Å². The van der Waals surface area contributed by atoms with Gasteiger partial charge in [-0.15, -0.1) is 0 Å². The summed E-state index contributed by atoms with van der Waals surface area (Å²) in [6, 6.07) is 9.61. The first-order valence-corrected chi connectivity index (χ1v) is 5.70. The first-order chi connectivity index (χ1) is 8.86. The molecule has 4 heteroatoms. The Balaban J connectivity index is 2.15. The van der Waals surface area contributed by atoms with Crippen LogP contribution in [-0.4, -0.2) is 15.0 Å². The maximum atomic E-state index is 6.26. The highest BCUT2D eigenvalue weighted by atomic mass is 14.8. The third-order valence-corrected chi connectivity index (χ3v) is 2.98. The molecule has 0 radical (unpaired) electrons. The van der Waals surface area contributed by atoms with Gasteiger partial charge in [0.05, 0.1) is 11.7 Å². The lowest BCUT2D eigenvalue weighted by atomic mass is 9.99. The topological polar surface area (TPSA) is 64.7 Å². The first-order valence-electron chi connectivity index (χ1n) is 5.70. The molecule has 0 aliphatic carbocycles. The molecule has 0 bridgehead atoms. The molecule has 0 fully saturated rings. The van der Waals surface area contributed by atoms with Gasteiger partial charge in [-0.25, -0.2) is 9.97 Å². The normalized spacial score (nSPS) is 12.5. The number of hydrogen-bond donors (Lipinski definition) is 1. The van der Waals surface area contributed by atoms with Gasteiger partial charge in [0.2, 0.25) is 0 Å².